The van der Waals surface area contributed by atoms with Gasteiger partial charge in [-0.1, -0.05) is 11.6 Å². The summed E-state index contributed by atoms with van der Waals surface area (Å²) < 4.78 is 54.4. The summed E-state index contributed by atoms with van der Waals surface area (Å²) >= 11 is 5.74. The number of imidazole rings is 1. The maximum absolute atomic E-state index is 14.7. The van der Waals surface area contributed by atoms with Gasteiger partial charge in [0.15, 0.2) is 5.82 Å². The van der Waals surface area contributed by atoms with Crippen molar-refractivity contribution in [2.45, 2.75) is 6.18 Å². The maximum Gasteiger partial charge on any atom is 0.416 e. The number of benzene rings is 1. The molecule has 5 nitrogen and oxygen atoms in total. The fourth-order valence-corrected chi connectivity index (χ4v) is 3.57. The van der Waals surface area contributed by atoms with Crippen LogP contribution in [0.15, 0.2) is 48.9 Å². The molecule has 0 saturated heterocycles. The van der Waals surface area contributed by atoms with E-state index >= 15 is 0 Å². The Balaban J connectivity index is 1.79. The molecule has 0 amide bonds. The molecule has 4 aromatic rings. The Kier molecular flexibility index (Phi) is 4.04. The molecule has 0 spiro atoms. The predicted molar refractivity (Wildman–Crippen MR) is 104 cm³/mol. The highest BCUT2D eigenvalue weighted by atomic mass is 35.5. The van der Waals surface area contributed by atoms with Gasteiger partial charge in [-0.15, -0.1) is 0 Å². The zero-order valence-corrected chi connectivity index (χ0v) is 15.6. The molecule has 0 saturated carbocycles. The van der Waals surface area contributed by atoms with Crippen molar-refractivity contribution < 1.29 is 17.6 Å². The topological polar surface area (TPSA) is 66.5 Å². The number of halogens is 5. The number of nitrogens with one attached hydrogen (secondary N) is 2. The van der Waals surface area contributed by atoms with Gasteiger partial charge in [0.25, 0.3) is 0 Å². The Morgan fingerprint density at radius 1 is 1.00 bits per heavy atom. The molecule has 0 atom stereocenters. The van der Waals surface area contributed by atoms with Crippen molar-refractivity contribution >= 4 is 23.1 Å². The van der Waals surface area contributed by atoms with E-state index < -0.39 is 22.6 Å². The van der Waals surface area contributed by atoms with Crippen LogP contribution in [-0.2, 0) is 6.18 Å². The third-order valence-electron chi connectivity index (χ3n) is 4.72. The van der Waals surface area contributed by atoms with Gasteiger partial charge in [-0.2, -0.15) is 13.2 Å². The second-order valence-corrected chi connectivity index (χ2v) is 6.98. The Morgan fingerprint density at radius 3 is 2.63 bits per heavy atom. The highest BCUT2D eigenvalue weighted by Gasteiger charge is 2.33. The number of aromatic nitrogens is 4. The third-order valence-corrected chi connectivity index (χ3v) is 5.00. The van der Waals surface area contributed by atoms with Crippen LogP contribution in [0.25, 0.3) is 33.9 Å². The summed E-state index contributed by atoms with van der Waals surface area (Å²) in [6, 6.07) is 6.42. The van der Waals surface area contributed by atoms with Crippen molar-refractivity contribution in [1.29, 1.82) is 0 Å². The van der Waals surface area contributed by atoms with Crippen LogP contribution in [0.5, 0.6) is 0 Å². The number of H-pyrrole nitrogens is 1. The number of hydrogen-bond donors (Lipinski definition) is 2. The summed E-state index contributed by atoms with van der Waals surface area (Å²) in [6.45, 7) is 0. The first-order valence-corrected chi connectivity index (χ1v) is 9.04. The van der Waals surface area contributed by atoms with E-state index in [1.165, 1.54) is 0 Å². The van der Waals surface area contributed by atoms with Crippen molar-refractivity contribution in [3.05, 3.63) is 65.3 Å². The number of rotatable bonds is 1. The van der Waals surface area contributed by atoms with Crippen molar-refractivity contribution in [2.24, 2.45) is 0 Å². The van der Waals surface area contributed by atoms with Crippen molar-refractivity contribution in [3.63, 3.8) is 0 Å². The lowest BCUT2D eigenvalue weighted by atomic mass is 10.1. The first kappa shape index (κ1) is 18.6. The number of pyridine rings is 2. The molecule has 0 unspecified atom stereocenters. The van der Waals surface area contributed by atoms with Gasteiger partial charge in [0.1, 0.15) is 17.3 Å². The largest absolute Gasteiger partial charge is 0.416 e. The van der Waals surface area contributed by atoms with E-state index in [0.717, 1.165) is 0 Å². The number of fused-ring (bicyclic) bond motifs is 5. The molecule has 150 valence electrons. The molecule has 10 heteroatoms. The lowest BCUT2D eigenvalue weighted by Gasteiger charge is -2.10. The highest BCUT2D eigenvalue weighted by Crippen LogP contribution is 2.44. The SMILES string of the molecule is Fc1c(Cl)cc(C(F)(F)F)cc1-c1nc2c([nH]1)-c1ccncc1Nc1ncccc1-2. The van der Waals surface area contributed by atoms with Gasteiger partial charge in [0.05, 0.1) is 33.7 Å². The molecule has 0 radical (unpaired) electrons. The summed E-state index contributed by atoms with van der Waals surface area (Å²) in [5, 5.41) is 2.53. The van der Waals surface area contributed by atoms with E-state index in [1.807, 2.05) is 0 Å². The number of anilines is 2. The molecule has 1 aliphatic rings. The first-order chi connectivity index (χ1) is 14.3. The van der Waals surface area contributed by atoms with Gasteiger partial charge in [-0.25, -0.2) is 14.4 Å². The number of alkyl halides is 3. The normalized spacial score (nSPS) is 12.4. The molecule has 1 aromatic carbocycles. The number of nitrogens with zero attached hydrogens (tertiary/aromatic N) is 3. The van der Waals surface area contributed by atoms with Gasteiger partial charge in [0, 0.05) is 23.5 Å². The average molecular weight is 432 g/mol. The van der Waals surface area contributed by atoms with Gasteiger partial charge in [0.2, 0.25) is 0 Å². The molecule has 0 aliphatic carbocycles. The minimum Gasteiger partial charge on any atom is -0.338 e. The number of hydrogen-bond acceptors (Lipinski definition) is 4. The Hall–Kier alpha value is -3.46. The van der Waals surface area contributed by atoms with E-state index in [2.05, 4.69) is 25.3 Å². The van der Waals surface area contributed by atoms with E-state index in [4.69, 9.17) is 11.6 Å². The molecule has 30 heavy (non-hydrogen) atoms. The summed E-state index contributed by atoms with van der Waals surface area (Å²) in [5.41, 5.74) is 1.35. The Bertz CT molecular complexity index is 1240. The lowest BCUT2D eigenvalue weighted by Crippen LogP contribution is -2.06. The van der Waals surface area contributed by atoms with Crippen LogP contribution < -0.4 is 5.32 Å². The number of aromatic amines is 1. The molecule has 3 aromatic heterocycles. The summed E-state index contributed by atoms with van der Waals surface area (Å²) in [7, 11) is 0. The molecule has 0 fully saturated rings. The highest BCUT2D eigenvalue weighted by molar-refractivity contribution is 6.31. The molecule has 1 aliphatic heterocycles. The molecule has 4 heterocycles. The van der Waals surface area contributed by atoms with E-state index in [-0.39, 0.29) is 11.4 Å². The monoisotopic (exact) mass is 431 g/mol. The zero-order chi connectivity index (χ0) is 21.0. The second kappa shape index (κ2) is 6.53. The van der Waals surface area contributed by atoms with Crippen LogP contribution in [0, 0.1) is 5.82 Å². The molecular weight excluding hydrogens is 422 g/mol. The van der Waals surface area contributed by atoms with Gasteiger partial charge >= 0.3 is 6.18 Å². The van der Waals surface area contributed by atoms with Crippen LogP contribution in [0.4, 0.5) is 29.1 Å². The summed E-state index contributed by atoms with van der Waals surface area (Å²) in [5.74, 6) is -0.580. The van der Waals surface area contributed by atoms with Crippen LogP contribution >= 0.6 is 11.6 Å². The molecular formula is C20H10ClF4N5. The lowest BCUT2D eigenvalue weighted by molar-refractivity contribution is -0.137. The standard InChI is InChI=1S/C20H10ClF4N5/c21-13-7-9(20(23,24)25)6-12(15(13)22)19-29-16-10-3-5-26-8-14(10)28-18-11(17(16)30-19)2-1-4-27-18/h1-8H,(H,27,28)(H,29,30). The first-order valence-electron chi connectivity index (χ1n) is 8.66. The van der Waals surface area contributed by atoms with Crippen molar-refractivity contribution in [1.82, 2.24) is 19.9 Å². The fourth-order valence-electron chi connectivity index (χ4n) is 3.35. The third kappa shape index (κ3) is 2.89. The van der Waals surface area contributed by atoms with Gasteiger partial charge in [-0.3, -0.25) is 4.98 Å². The van der Waals surface area contributed by atoms with E-state index in [1.54, 1.807) is 36.8 Å². The van der Waals surface area contributed by atoms with Crippen LogP contribution in [0.1, 0.15) is 5.56 Å². The molecule has 0 bridgehead atoms. The van der Waals surface area contributed by atoms with E-state index in [0.29, 0.717) is 46.2 Å². The van der Waals surface area contributed by atoms with Crippen molar-refractivity contribution in [3.8, 4) is 33.9 Å². The summed E-state index contributed by atoms with van der Waals surface area (Å²) in [4.78, 5) is 15.8. The minimum absolute atomic E-state index is 0.0787. The Labute approximate surface area is 171 Å². The van der Waals surface area contributed by atoms with Crippen LogP contribution in [-0.4, -0.2) is 19.9 Å². The van der Waals surface area contributed by atoms with Gasteiger partial charge < -0.3 is 10.3 Å². The maximum atomic E-state index is 14.7. The molecule has 5 rings (SSSR count). The fraction of sp³-hybridized carbons (Fsp3) is 0.0500. The molecule has 2 N–H and O–H groups in total. The van der Waals surface area contributed by atoms with Crippen molar-refractivity contribution in [2.75, 3.05) is 5.32 Å². The van der Waals surface area contributed by atoms with E-state index in [9.17, 15) is 17.6 Å². The minimum atomic E-state index is -4.69. The van der Waals surface area contributed by atoms with Crippen LogP contribution in [0.2, 0.25) is 5.02 Å². The second-order valence-electron chi connectivity index (χ2n) is 6.57. The quantitative estimate of drug-likeness (QED) is 0.316. The summed E-state index contributed by atoms with van der Waals surface area (Å²) in [6.07, 6.45) is 0.0578. The van der Waals surface area contributed by atoms with Gasteiger partial charge in [-0.05, 0) is 30.3 Å². The zero-order valence-electron chi connectivity index (χ0n) is 14.9. The Morgan fingerprint density at radius 2 is 1.83 bits per heavy atom. The smallest absolute Gasteiger partial charge is 0.338 e. The average Bonchev–Trinajstić information content (AvgIpc) is 3.09. The predicted octanol–water partition coefficient (Wildman–Crippen LogP) is 6.07. The van der Waals surface area contributed by atoms with Crippen LogP contribution in [0.3, 0.4) is 0 Å².